The molecule has 1 unspecified atom stereocenters. The fourth-order valence-electron chi connectivity index (χ4n) is 2.28. The van der Waals surface area contributed by atoms with Crippen molar-refractivity contribution >= 4 is 5.91 Å². The second-order valence-electron chi connectivity index (χ2n) is 4.98. The Morgan fingerprint density at radius 1 is 1.53 bits per heavy atom. The van der Waals surface area contributed by atoms with Gasteiger partial charge in [-0.3, -0.25) is 4.79 Å². The minimum Gasteiger partial charge on any atom is -0.396 e. The molecule has 92 valence electrons. The van der Waals surface area contributed by atoms with Gasteiger partial charge in [-0.1, -0.05) is 5.16 Å². The van der Waals surface area contributed by atoms with Crippen molar-refractivity contribution in [1.82, 2.24) is 10.1 Å². The zero-order valence-electron chi connectivity index (χ0n) is 9.63. The van der Waals surface area contributed by atoms with Crippen molar-refractivity contribution in [3.63, 3.8) is 0 Å². The Morgan fingerprint density at radius 2 is 2.35 bits per heavy atom. The van der Waals surface area contributed by atoms with Crippen molar-refractivity contribution in [2.75, 3.05) is 19.7 Å². The van der Waals surface area contributed by atoms with Crippen LogP contribution in [0.3, 0.4) is 0 Å². The molecule has 5 nitrogen and oxygen atoms in total. The highest BCUT2D eigenvalue weighted by atomic mass is 16.5. The number of nitrogens with zero attached hydrogens (tertiary/aromatic N) is 2. The average Bonchev–Trinajstić information content (AvgIpc) is 2.93. The lowest BCUT2D eigenvalue weighted by Crippen LogP contribution is -2.29. The van der Waals surface area contributed by atoms with Crippen LogP contribution in [0.1, 0.15) is 41.4 Å². The van der Waals surface area contributed by atoms with Gasteiger partial charge in [0.05, 0.1) is 0 Å². The third-order valence-corrected chi connectivity index (χ3v) is 3.56. The minimum atomic E-state index is -0.0726. The van der Waals surface area contributed by atoms with Crippen LogP contribution < -0.4 is 0 Å². The second-order valence-corrected chi connectivity index (χ2v) is 4.98. The third kappa shape index (κ3) is 2.07. The van der Waals surface area contributed by atoms with E-state index in [0.717, 1.165) is 25.0 Å². The van der Waals surface area contributed by atoms with E-state index in [1.807, 2.05) is 0 Å². The Labute approximate surface area is 99.4 Å². The molecule has 17 heavy (non-hydrogen) atoms. The largest absolute Gasteiger partial charge is 0.396 e. The second kappa shape index (κ2) is 4.14. The number of aliphatic hydroxyl groups is 1. The molecule has 0 bridgehead atoms. The molecule has 0 spiro atoms. The summed E-state index contributed by atoms with van der Waals surface area (Å²) in [5, 5.41) is 12.9. The van der Waals surface area contributed by atoms with E-state index >= 15 is 0 Å². The lowest BCUT2D eigenvalue weighted by atomic mass is 10.1. The van der Waals surface area contributed by atoms with E-state index in [9.17, 15) is 4.79 Å². The molecule has 3 rings (SSSR count). The van der Waals surface area contributed by atoms with Gasteiger partial charge in [-0.2, -0.15) is 0 Å². The maximum absolute atomic E-state index is 12.1. The molecule has 2 fully saturated rings. The summed E-state index contributed by atoms with van der Waals surface area (Å²) in [6.45, 7) is 1.48. The van der Waals surface area contributed by atoms with Crippen molar-refractivity contribution < 1.29 is 14.4 Å². The molecule has 2 heterocycles. The van der Waals surface area contributed by atoms with Crippen LogP contribution in [0.25, 0.3) is 0 Å². The van der Waals surface area contributed by atoms with Gasteiger partial charge in [-0.15, -0.1) is 0 Å². The zero-order chi connectivity index (χ0) is 11.8. The predicted molar refractivity (Wildman–Crippen MR) is 59.6 cm³/mol. The first-order valence-corrected chi connectivity index (χ1v) is 6.14. The number of aliphatic hydroxyl groups excluding tert-OH is 1. The first-order valence-electron chi connectivity index (χ1n) is 6.14. The summed E-state index contributed by atoms with van der Waals surface area (Å²) in [5.41, 5.74) is 0.408. The number of hydrogen-bond donors (Lipinski definition) is 1. The highest BCUT2D eigenvalue weighted by Crippen LogP contribution is 2.40. The molecule has 0 radical (unpaired) electrons. The van der Waals surface area contributed by atoms with E-state index in [2.05, 4.69) is 5.16 Å². The van der Waals surface area contributed by atoms with Crippen molar-refractivity contribution in [3.05, 3.63) is 17.5 Å². The van der Waals surface area contributed by atoms with Gasteiger partial charge in [0.1, 0.15) is 5.76 Å². The summed E-state index contributed by atoms with van der Waals surface area (Å²) in [4.78, 5) is 13.8. The SMILES string of the molecule is O=C(c1cc(C2CC2)on1)N1CCC(CO)C1. The Balaban J connectivity index is 1.68. The summed E-state index contributed by atoms with van der Waals surface area (Å²) in [6, 6.07) is 1.77. The summed E-state index contributed by atoms with van der Waals surface area (Å²) in [5.74, 6) is 1.46. The van der Waals surface area contributed by atoms with E-state index in [-0.39, 0.29) is 18.4 Å². The monoisotopic (exact) mass is 236 g/mol. The van der Waals surface area contributed by atoms with Gasteiger partial charge in [0, 0.05) is 37.6 Å². The van der Waals surface area contributed by atoms with Gasteiger partial charge < -0.3 is 14.5 Å². The van der Waals surface area contributed by atoms with Gasteiger partial charge in [0.2, 0.25) is 0 Å². The number of amides is 1. The van der Waals surface area contributed by atoms with Gasteiger partial charge in [0.15, 0.2) is 5.69 Å². The highest BCUT2D eigenvalue weighted by molar-refractivity contribution is 5.92. The van der Waals surface area contributed by atoms with E-state index < -0.39 is 0 Å². The molecular weight excluding hydrogens is 220 g/mol. The number of carbonyl (C=O) groups is 1. The van der Waals surface area contributed by atoms with Gasteiger partial charge in [-0.25, -0.2) is 0 Å². The lowest BCUT2D eigenvalue weighted by Gasteiger charge is -2.13. The van der Waals surface area contributed by atoms with Gasteiger partial charge in [-0.05, 0) is 19.3 Å². The average molecular weight is 236 g/mol. The molecule has 1 saturated heterocycles. The Bertz CT molecular complexity index is 425. The summed E-state index contributed by atoms with van der Waals surface area (Å²) < 4.78 is 5.18. The van der Waals surface area contributed by atoms with Crippen LogP contribution in [-0.4, -0.2) is 40.8 Å². The normalized spacial score (nSPS) is 24.3. The predicted octanol–water partition coefficient (Wildman–Crippen LogP) is 1.01. The van der Waals surface area contributed by atoms with Crippen LogP contribution in [0.5, 0.6) is 0 Å². The van der Waals surface area contributed by atoms with Crippen LogP contribution in [0.4, 0.5) is 0 Å². The molecule has 1 aromatic rings. The number of rotatable bonds is 3. The molecule has 1 aliphatic carbocycles. The maximum atomic E-state index is 12.1. The number of carbonyl (C=O) groups excluding carboxylic acids is 1. The Hall–Kier alpha value is -1.36. The fourth-order valence-corrected chi connectivity index (χ4v) is 2.28. The standard InChI is InChI=1S/C12H16N2O3/c15-7-8-3-4-14(6-8)12(16)10-5-11(17-13-10)9-1-2-9/h5,8-9,15H,1-4,6-7H2. The maximum Gasteiger partial charge on any atom is 0.276 e. The van der Waals surface area contributed by atoms with Crippen LogP contribution >= 0.6 is 0 Å². The highest BCUT2D eigenvalue weighted by Gasteiger charge is 2.31. The Morgan fingerprint density at radius 3 is 3.00 bits per heavy atom. The summed E-state index contributed by atoms with van der Waals surface area (Å²) >= 11 is 0. The van der Waals surface area contributed by atoms with E-state index in [1.54, 1.807) is 11.0 Å². The topological polar surface area (TPSA) is 66.6 Å². The summed E-state index contributed by atoms with van der Waals surface area (Å²) in [7, 11) is 0. The minimum absolute atomic E-state index is 0.0726. The number of hydrogen-bond acceptors (Lipinski definition) is 4. The zero-order valence-corrected chi connectivity index (χ0v) is 9.63. The number of likely N-dealkylation sites (tertiary alicyclic amines) is 1. The van der Waals surface area contributed by atoms with Crippen molar-refractivity contribution in [3.8, 4) is 0 Å². The molecule has 1 saturated carbocycles. The first-order chi connectivity index (χ1) is 8.28. The lowest BCUT2D eigenvalue weighted by molar-refractivity contribution is 0.0771. The molecule has 2 aliphatic rings. The fraction of sp³-hybridized carbons (Fsp3) is 0.667. The van der Waals surface area contributed by atoms with Crippen molar-refractivity contribution in [1.29, 1.82) is 0 Å². The smallest absolute Gasteiger partial charge is 0.276 e. The molecule has 1 N–H and O–H groups in total. The Kier molecular flexibility index (Phi) is 2.63. The molecule has 1 amide bonds. The number of aromatic nitrogens is 1. The van der Waals surface area contributed by atoms with E-state index in [0.29, 0.717) is 24.7 Å². The van der Waals surface area contributed by atoms with Crippen molar-refractivity contribution in [2.24, 2.45) is 5.92 Å². The molecule has 1 aromatic heterocycles. The van der Waals surface area contributed by atoms with Crippen LogP contribution in [-0.2, 0) is 0 Å². The molecular formula is C12H16N2O3. The van der Waals surface area contributed by atoms with E-state index in [1.165, 1.54) is 0 Å². The molecule has 5 heteroatoms. The molecule has 1 aliphatic heterocycles. The summed E-state index contributed by atoms with van der Waals surface area (Å²) in [6.07, 6.45) is 3.15. The van der Waals surface area contributed by atoms with Crippen LogP contribution in [0.2, 0.25) is 0 Å². The first kappa shape index (κ1) is 10.8. The van der Waals surface area contributed by atoms with Crippen molar-refractivity contribution in [2.45, 2.75) is 25.2 Å². The van der Waals surface area contributed by atoms with Gasteiger partial charge >= 0.3 is 0 Å². The third-order valence-electron chi connectivity index (χ3n) is 3.56. The van der Waals surface area contributed by atoms with Gasteiger partial charge in [0.25, 0.3) is 5.91 Å². The van der Waals surface area contributed by atoms with E-state index in [4.69, 9.17) is 9.63 Å². The molecule has 1 atom stereocenters. The van der Waals surface area contributed by atoms with Crippen LogP contribution in [0, 0.1) is 5.92 Å². The quantitative estimate of drug-likeness (QED) is 0.850. The van der Waals surface area contributed by atoms with Crippen LogP contribution in [0.15, 0.2) is 10.6 Å². The molecule has 0 aromatic carbocycles.